The van der Waals surface area contributed by atoms with E-state index in [4.69, 9.17) is 10.5 Å². The number of para-hydroxylation sites is 2. The molecule has 0 aliphatic rings. The van der Waals surface area contributed by atoms with Crippen molar-refractivity contribution in [2.24, 2.45) is 0 Å². The lowest BCUT2D eigenvalue weighted by atomic mass is 10.3. The van der Waals surface area contributed by atoms with Crippen molar-refractivity contribution < 1.29 is 18.5 Å². The Hall–Kier alpha value is -1.77. The molecule has 0 aromatic heterocycles. The van der Waals surface area contributed by atoms with Crippen LogP contribution < -0.4 is 9.05 Å². The van der Waals surface area contributed by atoms with Crippen LogP contribution in [0.3, 0.4) is 0 Å². The number of hydrogen-bond acceptors (Lipinski definition) is 4. The normalized spacial score (nSPS) is 11.6. The van der Waals surface area contributed by atoms with Gasteiger partial charge >= 0.3 is 7.82 Å². The van der Waals surface area contributed by atoms with Crippen LogP contribution in [-0.2, 0) is 4.57 Å². The van der Waals surface area contributed by atoms with Gasteiger partial charge in [0.2, 0.25) is 1.43 Å². The third-order valence-electron chi connectivity index (χ3n) is 1.92. The predicted octanol–water partition coefficient (Wildman–Crippen LogP) is 3.24. The van der Waals surface area contributed by atoms with E-state index in [0.717, 1.165) is 0 Å². The number of rotatable bonds is 5. The standard InChI is InChI=1S/C12H11O4P/c13-17(14,15-11-7-3-1-4-8-11)16-12-9-5-2-6-10-12/h1-10H,(H,13,14)/i/hT. The average Bonchev–Trinajstić information content (AvgIpc) is 2.41. The molecule has 0 aliphatic carbocycles. The lowest BCUT2D eigenvalue weighted by Crippen LogP contribution is -1.99. The number of benzene rings is 2. The van der Waals surface area contributed by atoms with E-state index in [1.807, 2.05) is 0 Å². The summed E-state index contributed by atoms with van der Waals surface area (Å²) >= 11 is 0. The van der Waals surface area contributed by atoms with Gasteiger partial charge in [0.15, 0.2) is 0 Å². The molecule has 5 heteroatoms. The van der Waals surface area contributed by atoms with Crippen molar-refractivity contribution in [1.29, 1.82) is 1.43 Å². The molecule has 0 saturated carbocycles. The van der Waals surface area contributed by atoms with Crippen LogP contribution >= 0.6 is 7.82 Å². The van der Waals surface area contributed by atoms with Crippen LogP contribution in [0.5, 0.6) is 11.5 Å². The first-order valence-corrected chi connectivity index (χ1v) is 6.42. The zero-order valence-electron chi connectivity index (χ0n) is 9.85. The zero-order valence-corrected chi connectivity index (χ0v) is 9.75. The Morgan fingerprint density at radius 3 is 1.65 bits per heavy atom. The van der Waals surface area contributed by atoms with E-state index in [2.05, 4.69) is 4.90 Å². The van der Waals surface area contributed by atoms with Crippen molar-refractivity contribution in [2.75, 3.05) is 0 Å². The lowest BCUT2D eigenvalue weighted by molar-refractivity contribution is 0.291. The predicted molar refractivity (Wildman–Crippen MR) is 64.0 cm³/mol. The van der Waals surface area contributed by atoms with Crippen LogP contribution in [0, 0.1) is 0 Å². The van der Waals surface area contributed by atoms with Crippen LogP contribution in [0.25, 0.3) is 0 Å². The minimum absolute atomic E-state index is 0.309. The van der Waals surface area contributed by atoms with Gasteiger partial charge in [-0.25, -0.2) is 4.57 Å². The van der Waals surface area contributed by atoms with Gasteiger partial charge in [0.05, 0.1) is 0 Å². The summed E-state index contributed by atoms with van der Waals surface area (Å²) in [5.41, 5.74) is 0. The van der Waals surface area contributed by atoms with Gasteiger partial charge in [-0.05, 0) is 24.3 Å². The van der Waals surface area contributed by atoms with Crippen LogP contribution in [0.1, 0.15) is 0 Å². The smallest absolute Gasteiger partial charge is 0.395 e. The third-order valence-corrected chi connectivity index (χ3v) is 2.79. The fourth-order valence-corrected chi connectivity index (χ4v) is 2.04. The highest BCUT2D eigenvalue weighted by Gasteiger charge is 2.24. The highest BCUT2D eigenvalue weighted by molar-refractivity contribution is 7.48. The molecule has 1 N–H and O–H groups in total. The summed E-state index contributed by atoms with van der Waals surface area (Å²) < 4.78 is 29.1. The van der Waals surface area contributed by atoms with Gasteiger partial charge in [-0.3, -0.25) is 4.90 Å². The minimum Gasteiger partial charge on any atom is -0.395 e. The summed E-state index contributed by atoms with van der Waals surface area (Å²) in [4.78, 5) is 4.11. The monoisotopic (exact) mass is 252 g/mol. The molecule has 2 aromatic carbocycles. The summed E-state index contributed by atoms with van der Waals surface area (Å²) in [5, 5.41) is 0. The first-order chi connectivity index (χ1) is 8.72. The molecule has 88 valence electrons. The Bertz CT molecular complexity index is 487. The Kier molecular flexibility index (Phi) is 3.08. The molecule has 0 atom stereocenters. The molecular weight excluding hydrogens is 239 g/mol. The molecule has 17 heavy (non-hydrogen) atoms. The highest BCUT2D eigenvalue weighted by atomic mass is 31.2. The summed E-state index contributed by atoms with van der Waals surface area (Å²) in [6, 6.07) is 16.8. The van der Waals surface area contributed by atoms with E-state index in [9.17, 15) is 4.57 Å². The van der Waals surface area contributed by atoms with E-state index in [0.29, 0.717) is 11.5 Å². The molecule has 0 saturated heterocycles. The Morgan fingerprint density at radius 1 is 0.882 bits per heavy atom. The van der Waals surface area contributed by atoms with E-state index in [1.54, 1.807) is 60.7 Å². The third kappa shape index (κ3) is 3.63. The first-order valence-electron chi connectivity index (χ1n) is 5.37. The fourth-order valence-electron chi connectivity index (χ4n) is 1.24. The SMILES string of the molecule is [3H]OP(=O)(Oc1ccccc1)Oc1ccccc1. The fraction of sp³-hybridized carbons (Fsp3) is 0. The summed E-state index contributed by atoms with van der Waals surface area (Å²) in [6.07, 6.45) is 0. The van der Waals surface area contributed by atoms with Gasteiger partial charge in [-0.1, -0.05) is 36.4 Å². The molecular formula is C12H11O4P. The minimum atomic E-state index is -3.98. The van der Waals surface area contributed by atoms with E-state index < -0.39 is 7.82 Å². The lowest BCUT2D eigenvalue weighted by Gasteiger charge is -2.13. The molecule has 0 radical (unpaired) electrons. The summed E-state index contributed by atoms with van der Waals surface area (Å²) in [5.74, 6) is 0.619. The van der Waals surface area contributed by atoms with Crippen LogP contribution in [-0.4, -0.2) is 6.33 Å². The van der Waals surface area contributed by atoms with Crippen molar-refractivity contribution in [3.05, 3.63) is 60.7 Å². The molecule has 0 fully saturated rings. The molecule has 2 aromatic rings. The Morgan fingerprint density at radius 2 is 1.29 bits per heavy atom. The van der Waals surface area contributed by atoms with E-state index in [-0.39, 0.29) is 0 Å². The number of phosphoric acid groups is 1. The molecule has 0 bridgehead atoms. The van der Waals surface area contributed by atoms with Gasteiger partial charge in [-0.2, -0.15) is 0 Å². The maximum Gasteiger partial charge on any atom is 0.584 e. The average molecular weight is 252 g/mol. The largest absolute Gasteiger partial charge is 0.584 e. The molecule has 0 aliphatic heterocycles. The molecule has 0 unspecified atom stereocenters. The van der Waals surface area contributed by atoms with E-state index >= 15 is 0 Å². The van der Waals surface area contributed by atoms with Crippen LogP contribution in [0.15, 0.2) is 60.7 Å². The molecule has 2 rings (SSSR count). The molecule has 0 spiro atoms. The Labute approximate surface area is 101 Å². The molecule has 4 nitrogen and oxygen atoms in total. The zero-order chi connectivity index (χ0) is 12.8. The number of phosphoric ester groups is 1. The second-order valence-electron chi connectivity index (χ2n) is 3.26. The van der Waals surface area contributed by atoms with Crippen molar-refractivity contribution in [2.45, 2.75) is 0 Å². The van der Waals surface area contributed by atoms with Gasteiger partial charge in [-0.15, -0.1) is 0 Å². The maximum absolute atomic E-state index is 12.1. The van der Waals surface area contributed by atoms with Crippen LogP contribution in [0.4, 0.5) is 0 Å². The van der Waals surface area contributed by atoms with Gasteiger partial charge in [0.1, 0.15) is 11.5 Å². The van der Waals surface area contributed by atoms with Crippen molar-refractivity contribution in [3.8, 4) is 11.5 Å². The second kappa shape index (κ2) is 5.04. The first kappa shape index (κ1) is 10.4. The van der Waals surface area contributed by atoms with Gasteiger partial charge in [0.25, 0.3) is 0 Å². The number of hydrogen-bond donors (Lipinski definition) is 1. The Balaban J connectivity index is 2.14. The van der Waals surface area contributed by atoms with Crippen molar-refractivity contribution in [1.82, 2.24) is 0 Å². The van der Waals surface area contributed by atoms with Gasteiger partial charge in [0, 0.05) is 0 Å². The summed E-state index contributed by atoms with van der Waals surface area (Å²) in [7, 11) is -3.98. The topological polar surface area (TPSA) is 55.8 Å². The van der Waals surface area contributed by atoms with Gasteiger partial charge < -0.3 is 9.05 Å². The van der Waals surface area contributed by atoms with Crippen LogP contribution in [0.2, 0.25) is 0 Å². The van der Waals surface area contributed by atoms with Crippen molar-refractivity contribution >= 4 is 7.82 Å². The maximum atomic E-state index is 12.1. The quantitative estimate of drug-likeness (QED) is 0.830. The molecule has 0 heterocycles. The van der Waals surface area contributed by atoms with Crippen molar-refractivity contribution in [3.63, 3.8) is 0 Å². The highest BCUT2D eigenvalue weighted by Crippen LogP contribution is 2.43. The molecule has 0 amide bonds. The summed E-state index contributed by atoms with van der Waals surface area (Å²) in [6.45, 7) is 0. The van der Waals surface area contributed by atoms with E-state index in [1.165, 1.54) is 0 Å². The second-order valence-corrected chi connectivity index (χ2v) is 4.52.